The molecule has 1 amide bonds. The number of amides is 1. The van der Waals surface area contributed by atoms with Gasteiger partial charge in [0.25, 0.3) is 0 Å². The van der Waals surface area contributed by atoms with Gasteiger partial charge in [-0.05, 0) is 12.5 Å². The molecule has 74 valence electrons. The topological polar surface area (TPSA) is 70.0 Å². The highest BCUT2D eigenvalue weighted by Gasteiger charge is 2.11. The smallest absolute Gasteiger partial charge is 0.430 e. The number of carboxylic acid groups (broad SMARTS) is 1. The fourth-order valence-electron chi connectivity index (χ4n) is 1.11. The van der Waals surface area contributed by atoms with Crippen molar-refractivity contribution in [1.29, 1.82) is 0 Å². The van der Waals surface area contributed by atoms with Crippen LogP contribution in [0.25, 0.3) is 0 Å². The SMILES string of the molecule is Cc1cccc(CN(N=O)C(=O)O)c1. The summed E-state index contributed by atoms with van der Waals surface area (Å²) >= 11 is 0. The summed E-state index contributed by atoms with van der Waals surface area (Å²) < 4.78 is 0. The lowest BCUT2D eigenvalue weighted by atomic mass is 10.1. The molecule has 1 rings (SSSR count). The van der Waals surface area contributed by atoms with Crippen molar-refractivity contribution < 1.29 is 9.90 Å². The van der Waals surface area contributed by atoms with Crippen LogP contribution in [0.3, 0.4) is 0 Å². The largest absolute Gasteiger partial charge is 0.464 e. The number of nitrogens with zero attached hydrogens (tertiary/aromatic N) is 2. The van der Waals surface area contributed by atoms with Crippen LogP contribution < -0.4 is 0 Å². The maximum Gasteiger partial charge on any atom is 0.430 e. The maximum absolute atomic E-state index is 10.5. The minimum atomic E-state index is -1.35. The summed E-state index contributed by atoms with van der Waals surface area (Å²) in [6.07, 6.45) is -1.35. The van der Waals surface area contributed by atoms with E-state index in [-0.39, 0.29) is 6.54 Å². The number of hydrogen-bond acceptors (Lipinski definition) is 3. The third kappa shape index (κ3) is 2.55. The molecule has 0 heterocycles. The van der Waals surface area contributed by atoms with Gasteiger partial charge in [0.1, 0.15) is 0 Å². The van der Waals surface area contributed by atoms with Crippen LogP contribution in [0, 0.1) is 11.8 Å². The molecule has 0 aliphatic carbocycles. The lowest BCUT2D eigenvalue weighted by molar-refractivity contribution is 0.143. The second kappa shape index (κ2) is 4.36. The van der Waals surface area contributed by atoms with E-state index in [2.05, 4.69) is 5.29 Å². The predicted molar refractivity (Wildman–Crippen MR) is 50.5 cm³/mol. The van der Waals surface area contributed by atoms with Crippen molar-refractivity contribution in [2.24, 2.45) is 5.29 Å². The van der Waals surface area contributed by atoms with E-state index in [4.69, 9.17) is 5.11 Å². The van der Waals surface area contributed by atoms with E-state index < -0.39 is 6.09 Å². The van der Waals surface area contributed by atoms with Crippen LogP contribution in [-0.2, 0) is 6.54 Å². The summed E-state index contributed by atoms with van der Waals surface area (Å²) in [6.45, 7) is 1.88. The maximum atomic E-state index is 10.5. The van der Waals surface area contributed by atoms with Gasteiger partial charge in [-0.25, -0.2) is 4.79 Å². The van der Waals surface area contributed by atoms with Crippen LogP contribution in [0.4, 0.5) is 4.79 Å². The lowest BCUT2D eigenvalue weighted by Gasteiger charge is -2.08. The monoisotopic (exact) mass is 194 g/mol. The fraction of sp³-hybridized carbons (Fsp3) is 0.222. The van der Waals surface area contributed by atoms with E-state index >= 15 is 0 Å². The van der Waals surface area contributed by atoms with Gasteiger partial charge in [-0.3, -0.25) is 0 Å². The van der Waals surface area contributed by atoms with Gasteiger partial charge in [0.15, 0.2) is 0 Å². The summed E-state index contributed by atoms with van der Waals surface area (Å²) in [4.78, 5) is 20.6. The Labute approximate surface area is 80.9 Å². The highest BCUT2D eigenvalue weighted by molar-refractivity contribution is 5.64. The van der Waals surface area contributed by atoms with Crippen molar-refractivity contribution in [2.45, 2.75) is 13.5 Å². The third-order valence-electron chi connectivity index (χ3n) is 1.73. The first-order valence-electron chi connectivity index (χ1n) is 4.03. The highest BCUT2D eigenvalue weighted by Crippen LogP contribution is 2.07. The lowest BCUT2D eigenvalue weighted by Crippen LogP contribution is -2.22. The standard InChI is InChI=1S/C9H10N2O3/c1-7-3-2-4-8(5-7)6-11(10-14)9(12)13/h2-5H,6H2,1H3,(H,12,13). The highest BCUT2D eigenvalue weighted by atomic mass is 16.4. The van der Waals surface area contributed by atoms with Crippen molar-refractivity contribution >= 4 is 6.09 Å². The van der Waals surface area contributed by atoms with E-state index in [9.17, 15) is 9.70 Å². The molecule has 5 heteroatoms. The Morgan fingerprint density at radius 2 is 2.29 bits per heavy atom. The second-order valence-corrected chi connectivity index (χ2v) is 2.91. The molecule has 0 spiro atoms. The zero-order chi connectivity index (χ0) is 10.6. The summed E-state index contributed by atoms with van der Waals surface area (Å²) in [7, 11) is 0. The first-order chi connectivity index (χ1) is 6.63. The van der Waals surface area contributed by atoms with Crippen molar-refractivity contribution in [3.05, 3.63) is 40.3 Å². The average Bonchev–Trinajstić information content (AvgIpc) is 2.14. The van der Waals surface area contributed by atoms with Gasteiger partial charge < -0.3 is 5.11 Å². The van der Waals surface area contributed by atoms with Gasteiger partial charge in [0.05, 0.1) is 11.8 Å². The minimum absolute atomic E-state index is 0.0134. The van der Waals surface area contributed by atoms with E-state index in [1.807, 2.05) is 13.0 Å². The summed E-state index contributed by atoms with van der Waals surface area (Å²) in [5.74, 6) is 0. The molecule has 1 aromatic carbocycles. The van der Waals surface area contributed by atoms with Crippen LogP contribution in [0.15, 0.2) is 29.6 Å². The molecule has 0 unspecified atom stereocenters. The van der Waals surface area contributed by atoms with E-state index in [1.165, 1.54) is 0 Å². The molecular weight excluding hydrogens is 184 g/mol. The van der Waals surface area contributed by atoms with E-state index in [0.717, 1.165) is 11.1 Å². The molecule has 0 radical (unpaired) electrons. The van der Waals surface area contributed by atoms with Gasteiger partial charge in [-0.2, -0.15) is 5.01 Å². The average molecular weight is 194 g/mol. The predicted octanol–water partition coefficient (Wildman–Crippen LogP) is 2.16. The molecular formula is C9H10N2O3. The molecule has 0 aromatic heterocycles. The number of benzene rings is 1. The van der Waals surface area contributed by atoms with E-state index in [1.54, 1.807) is 18.2 Å². The van der Waals surface area contributed by atoms with Crippen molar-refractivity contribution in [3.8, 4) is 0 Å². The number of nitroso groups, excluding NO2 is 1. The van der Waals surface area contributed by atoms with Gasteiger partial charge in [-0.15, -0.1) is 4.91 Å². The van der Waals surface area contributed by atoms with Gasteiger partial charge in [0, 0.05) is 0 Å². The zero-order valence-corrected chi connectivity index (χ0v) is 7.67. The Morgan fingerprint density at radius 3 is 2.79 bits per heavy atom. The molecule has 5 nitrogen and oxygen atoms in total. The quantitative estimate of drug-likeness (QED) is 0.592. The van der Waals surface area contributed by atoms with Crippen LogP contribution in [-0.4, -0.2) is 16.2 Å². The Bertz CT molecular complexity index is 352. The van der Waals surface area contributed by atoms with Crippen LogP contribution in [0.5, 0.6) is 0 Å². The van der Waals surface area contributed by atoms with Crippen molar-refractivity contribution in [3.63, 3.8) is 0 Å². The first-order valence-corrected chi connectivity index (χ1v) is 4.03. The second-order valence-electron chi connectivity index (χ2n) is 2.91. The van der Waals surface area contributed by atoms with E-state index in [0.29, 0.717) is 5.01 Å². The number of carbonyl (C=O) groups is 1. The molecule has 14 heavy (non-hydrogen) atoms. The van der Waals surface area contributed by atoms with Crippen molar-refractivity contribution in [2.75, 3.05) is 0 Å². The molecule has 0 atom stereocenters. The molecule has 0 aliphatic rings. The summed E-state index contributed by atoms with van der Waals surface area (Å²) in [6, 6.07) is 7.24. The first kappa shape index (κ1) is 10.2. The molecule has 0 saturated heterocycles. The summed E-state index contributed by atoms with van der Waals surface area (Å²) in [5.41, 5.74) is 1.76. The van der Waals surface area contributed by atoms with Crippen LogP contribution in [0.2, 0.25) is 0 Å². The minimum Gasteiger partial charge on any atom is -0.464 e. The third-order valence-corrected chi connectivity index (χ3v) is 1.73. The number of aryl methyl sites for hydroxylation is 1. The molecule has 1 aromatic rings. The number of hydrogen-bond donors (Lipinski definition) is 1. The van der Waals surface area contributed by atoms with Crippen molar-refractivity contribution in [1.82, 2.24) is 5.01 Å². The van der Waals surface area contributed by atoms with Crippen LogP contribution in [0.1, 0.15) is 11.1 Å². The van der Waals surface area contributed by atoms with Gasteiger partial charge >= 0.3 is 6.09 Å². The Hall–Kier alpha value is -1.91. The fourth-order valence-corrected chi connectivity index (χ4v) is 1.11. The molecule has 0 saturated carbocycles. The zero-order valence-electron chi connectivity index (χ0n) is 7.67. The Kier molecular flexibility index (Phi) is 3.17. The molecule has 0 bridgehead atoms. The Morgan fingerprint density at radius 1 is 1.57 bits per heavy atom. The molecule has 1 N–H and O–H groups in total. The number of rotatable bonds is 3. The summed E-state index contributed by atoms with van der Waals surface area (Å²) in [5, 5.41) is 11.4. The van der Waals surface area contributed by atoms with Gasteiger partial charge in [0.2, 0.25) is 0 Å². The molecule has 0 fully saturated rings. The van der Waals surface area contributed by atoms with Gasteiger partial charge in [-0.1, -0.05) is 29.8 Å². The van der Waals surface area contributed by atoms with Crippen LogP contribution >= 0.6 is 0 Å². The Balaban J connectivity index is 2.76. The molecule has 0 aliphatic heterocycles. The normalized spacial score (nSPS) is 9.50.